The standard InChI is InChI=1S/C18H11BrCl2N2O2S/c19-13-2-4-18-16(6-13)12(9-23-18)5-15(8-22)26(24,25)10-11-1-3-14(20)7-17(11)21/h1-7,9,23H,10H2/b15-5-. The normalized spacial score (nSPS) is 12.3. The molecule has 1 N–H and O–H groups in total. The van der Waals surface area contributed by atoms with Gasteiger partial charge in [0.15, 0.2) is 9.84 Å². The van der Waals surface area contributed by atoms with Crippen LogP contribution in [0.25, 0.3) is 17.0 Å². The maximum atomic E-state index is 12.7. The highest BCUT2D eigenvalue weighted by Crippen LogP contribution is 2.28. The van der Waals surface area contributed by atoms with E-state index < -0.39 is 9.84 Å². The zero-order valence-electron chi connectivity index (χ0n) is 13.1. The zero-order chi connectivity index (χ0) is 18.9. The number of hydrogen-bond acceptors (Lipinski definition) is 3. The number of aromatic amines is 1. The van der Waals surface area contributed by atoms with Gasteiger partial charge in [-0.1, -0.05) is 45.2 Å². The summed E-state index contributed by atoms with van der Waals surface area (Å²) in [4.78, 5) is 2.73. The van der Waals surface area contributed by atoms with E-state index in [1.54, 1.807) is 24.4 Å². The van der Waals surface area contributed by atoms with Crippen LogP contribution in [0.4, 0.5) is 0 Å². The SMILES string of the molecule is N#C/C(=C/c1c[nH]c2ccc(Br)cc12)S(=O)(=O)Cc1ccc(Cl)cc1Cl. The number of sulfone groups is 1. The maximum absolute atomic E-state index is 12.7. The van der Waals surface area contributed by atoms with Gasteiger partial charge in [0.1, 0.15) is 11.0 Å². The molecule has 4 nitrogen and oxygen atoms in total. The first kappa shape index (κ1) is 19.0. The van der Waals surface area contributed by atoms with E-state index in [4.69, 9.17) is 23.2 Å². The lowest BCUT2D eigenvalue weighted by Gasteiger charge is -2.06. The number of nitriles is 1. The molecule has 0 amide bonds. The Morgan fingerprint density at radius 2 is 2.00 bits per heavy atom. The third-order valence-electron chi connectivity index (χ3n) is 3.77. The summed E-state index contributed by atoms with van der Waals surface area (Å²) >= 11 is 15.3. The van der Waals surface area contributed by atoms with Crippen LogP contribution in [0.2, 0.25) is 10.0 Å². The summed E-state index contributed by atoms with van der Waals surface area (Å²) in [5, 5.41) is 10.9. The number of rotatable bonds is 4. The number of benzene rings is 2. The Hall–Kier alpha value is -1.78. The average molecular weight is 470 g/mol. The highest BCUT2D eigenvalue weighted by Gasteiger charge is 2.21. The van der Waals surface area contributed by atoms with Gasteiger partial charge >= 0.3 is 0 Å². The molecule has 0 atom stereocenters. The van der Waals surface area contributed by atoms with Crippen molar-refractivity contribution in [2.45, 2.75) is 5.75 Å². The second-order valence-corrected chi connectivity index (χ2v) is 9.27. The summed E-state index contributed by atoms with van der Waals surface area (Å²) in [6, 6.07) is 12.0. The summed E-state index contributed by atoms with van der Waals surface area (Å²) < 4.78 is 26.2. The summed E-state index contributed by atoms with van der Waals surface area (Å²) in [5.74, 6) is -0.381. The molecule has 1 aromatic heterocycles. The van der Waals surface area contributed by atoms with Crippen molar-refractivity contribution >= 4 is 65.9 Å². The Kier molecular flexibility index (Phi) is 5.44. The Morgan fingerprint density at radius 3 is 2.69 bits per heavy atom. The summed E-state index contributed by atoms with van der Waals surface area (Å²) in [6.07, 6.45) is 3.03. The molecule has 0 aliphatic heterocycles. The van der Waals surface area contributed by atoms with Crippen LogP contribution in [0.5, 0.6) is 0 Å². The number of hydrogen-bond donors (Lipinski definition) is 1. The molecule has 3 rings (SSSR count). The van der Waals surface area contributed by atoms with E-state index in [9.17, 15) is 13.7 Å². The molecule has 0 fully saturated rings. The molecule has 0 radical (unpaired) electrons. The van der Waals surface area contributed by atoms with E-state index in [0.717, 1.165) is 15.4 Å². The van der Waals surface area contributed by atoms with Crippen molar-refractivity contribution in [2.24, 2.45) is 0 Å². The fourth-order valence-electron chi connectivity index (χ4n) is 2.49. The van der Waals surface area contributed by atoms with Crippen LogP contribution < -0.4 is 0 Å². The van der Waals surface area contributed by atoms with Gasteiger partial charge in [-0.05, 0) is 42.0 Å². The van der Waals surface area contributed by atoms with Gasteiger partial charge in [0.25, 0.3) is 0 Å². The predicted octanol–water partition coefficient (Wildman–Crippen LogP) is 5.72. The first-order chi connectivity index (χ1) is 12.3. The molecule has 8 heteroatoms. The maximum Gasteiger partial charge on any atom is 0.192 e. The largest absolute Gasteiger partial charge is 0.361 e. The van der Waals surface area contributed by atoms with Crippen molar-refractivity contribution in [3.8, 4) is 6.07 Å². The number of nitrogens with zero attached hydrogens (tertiary/aromatic N) is 1. The minimum absolute atomic E-state index is 0.245. The second-order valence-electron chi connectivity index (χ2n) is 5.55. The third-order valence-corrected chi connectivity index (χ3v) is 6.42. The zero-order valence-corrected chi connectivity index (χ0v) is 17.0. The number of halogens is 3. The van der Waals surface area contributed by atoms with Crippen molar-refractivity contribution in [3.05, 3.63) is 73.1 Å². The predicted molar refractivity (Wildman–Crippen MR) is 109 cm³/mol. The lowest BCUT2D eigenvalue weighted by Crippen LogP contribution is -2.07. The molecule has 1 heterocycles. The number of nitrogens with one attached hydrogen (secondary N) is 1. The summed E-state index contributed by atoms with van der Waals surface area (Å²) in [6.45, 7) is 0. The Balaban J connectivity index is 2.02. The quantitative estimate of drug-likeness (QED) is 0.496. The van der Waals surface area contributed by atoms with Crippen molar-refractivity contribution in [3.63, 3.8) is 0 Å². The van der Waals surface area contributed by atoms with Gasteiger partial charge in [-0.2, -0.15) is 5.26 Å². The van der Waals surface area contributed by atoms with Gasteiger partial charge in [0.2, 0.25) is 0 Å². The molecule has 0 saturated heterocycles. The fourth-order valence-corrected chi connectivity index (χ4v) is 4.67. The molecule has 0 unspecified atom stereocenters. The van der Waals surface area contributed by atoms with Gasteiger partial charge in [-0.25, -0.2) is 8.42 Å². The van der Waals surface area contributed by atoms with Crippen LogP contribution in [0.3, 0.4) is 0 Å². The Labute approximate surface area is 169 Å². The van der Waals surface area contributed by atoms with E-state index in [1.807, 2.05) is 18.2 Å². The van der Waals surface area contributed by atoms with Crippen molar-refractivity contribution in [2.75, 3.05) is 0 Å². The minimum Gasteiger partial charge on any atom is -0.361 e. The topological polar surface area (TPSA) is 73.7 Å². The smallest absolute Gasteiger partial charge is 0.192 e. The van der Waals surface area contributed by atoms with Crippen molar-refractivity contribution in [1.29, 1.82) is 5.26 Å². The number of fused-ring (bicyclic) bond motifs is 1. The van der Waals surface area contributed by atoms with Gasteiger partial charge in [-0.15, -0.1) is 0 Å². The molecule has 0 aliphatic carbocycles. The average Bonchev–Trinajstić information content (AvgIpc) is 2.97. The summed E-state index contributed by atoms with van der Waals surface area (Å²) in [5.41, 5.74) is 1.84. The molecule has 2 aromatic carbocycles. The first-order valence-corrected chi connectivity index (χ1v) is 10.6. The molecule has 0 bridgehead atoms. The summed E-state index contributed by atoms with van der Waals surface area (Å²) in [7, 11) is -3.87. The van der Waals surface area contributed by atoms with Crippen LogP contribution in [-0.2, 0) is 15.6 Å². The molecule has 0 spiro atoms. The third kappa shape index (κ3) is 3.97. The fraction of sp³-hybridized carbons (Fsp3) is 0.0556. The van der Waals surface area contributed by atoms with Gasteiger partial charge in [0, 0.05) is 37.2 Å². The lowest BCUT2D eigenvalue weighted by atomic mass is 10.1. The van der Waals surface area contributed by atoms with Crippen molar-refractivity contribution in [1.82, 2.24) is 4.98 Å². The van der Waals surface area contributed by atoms with E-state index >= 15 is 0 Å². The first-order valence-electron chi connectivity index (χ1n) is 7.35. The van der Waals surface area contributed by atoms with Gasteiger partial charge in [0.05, 0.1) is 5.75 Å². The number of H-pyrrole nitrogens is 1. The Morgan fingerprint density at radius 1 is 1.23 bits per heavy atom. The lowest BCUT2D eigenvalue weighted by molar-refractivity contribution is 0.602. The minimum atomic E-state index is -3.87. The highest BCUT2D eigenvalue weighted by molar-refractivity contribution is 9.10. The van der Waals surface area contributed by atoms with E-state index in [0.29, 0.717) is 16.1 Å². The number of aromatic nitrogens is 1. The van der Waals surface area contributed by atoms with Crippen LogP contribution in [-0.4, -0.2) is 13.4 Å². The molecule has 132 valence electrons. The van der Waals surface area contributed by atoms with E-state index in [1.165, 1.54) is 12.1 Å². The van der Waals surface area contributed by atoms with Crippen LogP contribution in [0, 0.1) is 11.3 Å². The molecule has 3 aromatic rings. The van der Waals surface area contributed by atoms with E-state index in [-0.39, 0.29) is 15.7 Å². The Bertz CT molecular complexity index is 1180. The van der Waals surface area contributed by atoms with Crippen molar-refractivity contribution < 1.29 is 8.42 Å². The molecular weight excluding hydrogens is 459 g/mol. The van der Waals surface area contributed by atoms with E-state index in [2.05, 4.69) is 20.9 Å². The molecule has 0 saturated carbocycles. The molecule has 26 heavy (non-hydrogen) atoms. The monoisotopic (exact) mass is 468 g/mol. The number of allylic oxidation sites excluding steroid dienone is 1. The van der Waals surface area contributed by atoms with Crippen LogP contribution in [0.1, 0.15) is 11.1 Å². The molecule has 0 aliphatic rings. The molecular formula is C18H11BrCl2N2O2S. The second kappa shape index (κ2) is 7.45. The van der Waals surface area contributed by atoms with Gasteiger partial charge < -0.3 is 4.98 Å². The van der Waals surface area contributed by atoms with Gasteiger partial charge in [-0.3, -0.25) is 0 Å². The highest BCUT2D eigenvalue weighted by atomic mass is 79.9. The van der Waals surface area contributed by atoms with Crippen LogP contribution in [0.15, 0.2) is 52.0 Å². The van der Waals surface area contributed by atoms with Crippen LogP contribution >= 0.6 is 39.1 Å².